The number of rotatable bonds is 5. The molecule has 1 rings (SSSR count). The first-order valence-corrected chi connectivity index (χ1v) is 7.57. The van der Waals surface area contributed by atoms with Crippen molar-refractivity contribution in [2.75, 3.05) is 6.61 Å². The molecular weight excluding hydrogens is 295 g/mol. The third-order valence-electron chi connectivity index (χ3n) is 3.59. The predicted octanol–water partition coefficient (Wildman–Crippen LogP) is 5.65. The number of hydrogen-bond donors (Lipinski definition) is 0. The van der Waals surface area contributed by atoms with Crippen molar-refractivity contribution in [1.29, 1.82) is 0 Å². The van der Waals surface area contributed by atoms with Crippen LogP contribution in [0.3, 0.4) is 0 Å². The number of Topliss-reactive ketones (excluding diaryl/α,β-unsaturated/α-hetero) is 1. The molecule has 4 heteroatoms. The van der Waals surface area contributed by atoms with Crippen LogP contribution in [0.5, 0.6) is 5.75 Å². The van der Waals surface area contributed by atoms with Gasteiger partial charge in [-0.2, -0.15) is 0 Å². The van der Waals surface area contributed by atoms with E-state index in [-0.39, 0.29) is 17.1 Å². The number of carbonyl (C=O) groups is 1. The Morgan fingerprint density at radius 2 is 1.85 bits per heavy atom. The van der Waals surface area contributed by atoms with Crippen molar-refractivity contribution in [2.45, 2.75) is 41.0 Å². The topological polar surface area (TPSA) is 26.3 Å². The molecule has 1 unspecified atom stereocenters. The molecule has 0 heterocycles. The van der Waals surface area contributed by atoms with Crippen LogP contribution in [0, 0.1) is 11.3 Å². The summed E-state index contributed by atoms with van der Waals surface area (Å²) in [5, 5.41) is 0.812. The van der Waals surface area contributed by atoms with Gasteiger partial charge in [0, 0.05) is 18.1 Å². The smallest absolute Gasteiger partial charge is 0.164 e. The second kappa shape index (κ2) is 6.82. The zero-order valence-corrected chi connectivity index (χ0v) is 14.2. The Hall–Kier alpha value is -0.730. The molecule has 0 saturated heterocycles. The lowest BCUT2D eigenvalue weighted by molar-refractivity contribution is 0.0927. The molecule has 112 valence electrons. The Morgan fingerprint density at radius 3 is 2.35 bits per heavy atom. The van der Waals surface area contributed by atoms with E-state index in [0.717, 1.165) is 0 Å². The molecule has 20 heavy (non-hydrogen) atoms. The van der Waals surface area contributed by atoms with Crippen molar-refractivity contribution in [3.8, 4) is 5.75 Å². The fourth-order valence-electron chi connectivity index (χ4n) is 1.70. The van der Waals surface area contributed by atoms with Crippen LogP contribution in [0.25, 0.3) is 0 Å². The Bertz CT molecular complexity index is 490. The summed E-state index contributed by atoms with van der Waals surface area (Å²) in [7, 11) is 0. The van der Waals surface area contributed by atoms with Gasteiger partial charge < -0.3 is 4.74 Å². The Morgan fingerprint density at radius 1 is 1.25 bits per heavy atom. The van der Waals surface area contributed by atoms with Crippen LogP contribution in [0.15, 0.2) is 12.1 Å². The second-order valence-electron chi connectivity index (χ2n) is 6.09. The third kappa shape index (κ3) is 4.39. The molecule has 1 aromatic rings. The first-order chi connectivity index (χ1) is 9.16. The average Bonchev–Trinajstić information content (AvgIpc) is 2.32. The number of ether oxygens (including phenoxy) is 1. The van der Waals surface area contributed by atoms with Crippen molar-refractivity contribution < 1.29 is 9.53 Å². The predicted molar refractivity (Wildman–Crippen MR) is 85.2 cm³/mol. The van der Waals surface area contributed by atoms with E-state index in [4.69, 9.17) is 27.9 Å². The Kier molecular flexibility index (Phi) is 5.91. The summed E-state index contributed by atoms with van der Waals surface area (Å²) in [6, 6.07) is 3.22. The van der Waals surface area contributed by atoms with Crippen LogP contribution in [-0.2, 0) is 0 Å². The summed E-state index contributed by atoms with van der Waals surface area (Å²) >= 11 is 12.3. The van der Waals surface area contributed by atoms with Gasteiger partial charge >= 0.3 is 0 Å². The largest absolute Gasteiger partial charge is 0.492 e. The SMILES string of the molecule is CCOc1cc(Cl)c(C(=O)CC(C)C(C)(C)C)cc1Cl. The van der Waals surface area contributed by atoms with Gasteiger partial charge in [-0.25, -0.2) is 0 Å². The van der Waals surface area contributed by atoms with E-state index in [1.54, 1.807) is 12.1 Å². The molecular formula is C16H22Cl2O2. The molecule has 0 aliphatic rings. The van der Waals surface area contributed by atoms with Crippen LogP contribution in [0.1, 0.15) is 51.4 Å². The lowest BCUT2D eigenvalue weighted by Gasteiger charge is -2.26. The highest BCUT2D eigenvalue weighted by Crippen LogP contribution is 2.34. The molecule has 0 fully saturated rings. The maximum atomic E-state index is 12.4. The van der Waals surface area contributed by atoms with Gasteiger partial charge in [-0.15, -0.1) is 0 Å². The van der Waals surface area contributed by atoms with Crippen molar-refractivity contribution >= 4 is 29.0 Å². The summed E-state index contributed by atoms with van der Waals surface area (Å²) in [6.45, 7) is 10.8. The van der Waals surface area contributed by atoms with Gasteiger partial charge in [-0.3, -0.25) is 4.79 Å². The van der Waals surface area contributed by atoms with Crippen molar-refractivity contribution in [3.05, 3.63) is 27.7 Å². The minimum absolute atomic E-state index is 0.0161. The van der Waals surface area contributed by atoms with E-state index in [1.807, 2.05) is 6.92 Å². The molecule has 0 spiro atoms. The standard InChI is InChI=1S/C16H22Cl2O2/c1-6-20-15-9-12(17)11(8-13(15)18)14(19)7-10(2)16(3,4)5/h8-10H,6-7H2,1-5H3. The first-order valence-electron chi connectivity index (χ1n) is 6.81. The lowest BCUT2D eigenvalue weighted by atomic mass is 9.78. The third-order valence-corrected chi connectivity index (χ3v) is 4.20. The van der Waals surface area contributed by atoms with Gasteiger partial charge in [0.15, 0.2) is 5.78 Å². The fraction of sp³-hybridized carbons (Fsp3) is 0.562. The zero-order chi connectivity index (χ0) is 15.5. The summed E-state index contributed by atoms with van der Waals surface area (Å²) in [5.41, 5.74) is 0.549. The molecule has 0 N–H and O–H groups in total. The van der Waals surface area contributed by atoms with Gasteiger partial charge in [-0.1, -0.05) is 50.9 Å². The van der Waals surface area contributed by atoms with E-state index in [0.29, 0.717) is 34.4 Å². The number of benzene rings is 1. The van der Waals surface area contributed by atoms with Crippen LogP contribution in [0.2, 0.25) is 10.0 Å². The van der Waals surface area contributed by atoms with Gasteiger partial charge in [0.05, 0.1) is 16.7 Å². The fourth-order valence-corrected chi connectivity index (χ4v) is 2.18. The van der Waals surface area contributed by atoms with Gasteiger partial charge in [0.2, 0.25) is 0 Å². The van der Waals surface area contributed by atoms with Gasteiger partial charge in [0.1, 0.15) is 5.75 Å². The quantitative estimate of drug-likeness (QED) is 0.656. The monoisotopic (exact) mass is 316 g/mol. The Labute approximate surface area is 131 Å². The van der Waals surface area contributed by atoms with Crippen LogP contribution in [0.4, 0.5) is 0 Å². The highest BCUT2D eigenvalue weighted by atomic mass is 35.5. The van der Waals surface area contributed by atoms with Crippen molar-refractivity contribution in [3.63, 3.8) is 0 Å². The van der Waals surface area contributed by atoms with Crippen molar-refractivity contribution in [1.82, 2.24) is 0 Å². The average molecular weight is 317 g/mol. The first kappa shape index (κ1) is 17.3. The molecule has 2 nitrogen and oxygen atoms in total. The number of ketones is 1. The molecule has 1 aromatic carbocycles. The van der Waals surface area contributed by atoms with E-state index >= 15 is 0 Å². The number of carbonyl (C=O) groups excluding carboxylic acids is 1. The molecule has 1 atom stereocenters. The van der Waals surface area contributed by atoms with E-state index in [1.165, 1.54) is 0 Å². The molecule has 0 aliphatic carbocycles. The maximum absolute atomic E-state index is 12.4. The van der Waals surface area contributed by atoms with Crippen LogP contribution < -0.4 is 4.74 Å². The molecule has 0 saturated carbocycles. The number of halogens is 2. The molecule has 0 bridgehead atoms. The van der Waals surface area contributed by atoms with Crippen LogP contribution >= 0.6 is 23.2 Å². The van der Waals surface area contributed by atoms with E-state index in [2.05, 4.69) is 27.7 Å². The highest BCUT2D eigenvalue weighted by Gasteiger charge is 2.24. The summed E-state index contributed by atoms with van der Waals surface area (Å²) in [6.07, 6.45) is 0.452. The van der Waals surface area contributed by atoms with Crippen molar-refractivity contribution in [2.24, 2.45) is 11.3 Å². The second-order valence-corrected chi connectivity index (χ2v) is 6.90. The summed E-state index contributed by atoms with van der Waals surface area (Å²) in [5.74, 6) is 0.790. The summed E-state index contributed by atoms with van der Waals surface area (Å²) in [4.78, 5) is 12.4. The van der Waals surface area contributed by atoms with Crippen LogP contribution in [-0.4, -0.2) is 12.4 Å². The highest BCUT2D eigenvalue weighted by molar-refractivity contribution is 6.36. The molecule has 0 aromatic heterocycles. The van der Waals surface area contributed by atoms with Gasteiger partial charge in [-0.05, 0) is 24.3 Å². The normalized spacial score (nSPS) is 13.2. The number of hydrogen-bond acceptors (Lipinski definition) is 2. The van der Waals surface area contributed by atoms with E-state index < -0.39 is 0 Å². The Balaban J connectivity index is 2.97. The summed E-state index contributed by atoms with van der Waals surface area (Å²) < 4.78 is 5.36. The van der Waals surface area contributed by atoms with E-state index in [9.17, 15) is 4.79 Å². The minimum atomic E-state index is 0.0161. The lowest BCUT2D eigenvalue weighted by Crippen LogP contribution is -2.20. The maximum Gasteiger partial charge on any atom is 0.164 e. The molecule has 0 radical (unpaired) electrons. The zero-order valence-electron chi connectivity index (χ0n) is 12.7. The molecule has 0 amide bonds. The minimum Gasteiger partial charge on any atom is -0.492 e. The molecule has 0 aliphatic heterocycles. The van der Waals surface area contributed by atoms with Gasteiger partial charge in [0.25, 0.3) is 0 Å².